The zero-order chi connectivity index (χ0) is 28.4. The zero-order valence-corrected chi connectivity index (χ0v) is 23.4. The summed E-state index contributed by atoms with van der Waals surface area (Å²) in [6, 6.07) is 8.94. The normalized spacial score (nSPS) is 26.1. The van der Waals surface area contributed by atoms with Crippen molar-refractivity contribution in [1.82, 2.24) is 14.6 Å². The second-order valence-corrected chi connectivity index (χ2v) is 11.9. The van der Waals surface area contributed by atoms with Crippen LogP contribution in [0.1, 0.15) is 40.3 Å². The summed E-state index contributed by atoms with van der Waals surface area (Å²) in [5.41, 5.74) is 5.01. The van der Waals surface area contributed by atoms with Crippen molar-refractivity contribution in [2.24, 2.45) is 5.92 Å². The van der Waals surface area contributed by atoms with Gasteiger partial charge in [0, 0.05) is 6.20 Å². The van der Waals surface area contributed by atoms with E-state index in [-0.39, 0.29) is 24.1 Å². The number of benzene rings is 1. The van der Waals surface area contributed by atoms with E-state index in [0.717, 1.165) is 0 Å². The van der Waals surface area contributed by atoms with Crippen LogP contribution in [0, 0.1) is 5.92 Å². The molecular formula is C25H35N4O9P. The number of hydrogen-bond donors (Lipinski definition) is 2. The lowest BCUT2D eigenvalue weighted by molar-refractivity contribution is -0.200. The molecule has 1 unspecified atom stereocenters. The topological polar surface area (TPSA) is 162 Å². The van der Waals surface area contributed by atoms with Crippen molar-refractivity contribution in [1.29, 1.82) is 0 Å². The fourth-order valence-corrected chi connectivity index (χ4v) is 6.04. The molecule has 2 saturated heterocycles. The Kier molecular flexibility index (Phi) is 8.79. The van der Waals surface area contributed by atoms with Crippen LogP contribution in [0.5, 0.6) is 5.75 Å². The van der Waals surface area contributed by atoms with Crippen molar-refractivity contribution in [3.05, 3.63) is 53.1 Å². The number of hydrogen-bond acceptors (Lipinski definition) is 11. The van der Waals surface area contributed by atoms with Crippen LogP contribution in [-0.4, -0.2) is 59.4 Å². The molecule has 4 rings (SSSR count). The maximum absolute atomic E-state index is 14.0. The lowest BCUT2D eigenvalue weighted by atomic mass is 10.1. The minimum absolute atomic E-state index is 0.0706. The Morgan fingerprint density at radius 2 is 1.90 bits per heavy atom. The van der Waals surface area contributed by atoms with Crippen LogP contribution in [0.15, 0.2) is 47.4 Å². The number of carbonyl (C=O) groups is 1. The number of ether oxygens (including phenoxy) is 4. The minimum Gasteiger partial charge on any atom is -0.468 e. The predicted octanol–water partition coefficient (Wildman–Crippen LogP) is 2.62. The van der Waals surface area contributed by atoms with Gasteiger partial charge in [-0.15, -0.1) is 0 Å². The van der Waals surface area contributed by atoms with Crippen LogP contribution in [-0.2, 0) is 32.8 Å². The number of carbonyl (C=O) groups excluding carboxylic acids is 1. The van der Waals surface area contributed by atoms with E-state index in [1.54, 1.807) is 44.2 Å². The average molecular weight is 567 g/mol. The lowest BCUT2D eigenvalue weighted by Gasteiger charge is -2.27. The molecule has 2 aliphatic heterocycles. The van der Waals surface area contributed by atoms with Gasteiger partial charge < -0.3 is 29.2 Å². The summed E-state index contributed by atoms with van der Waals surface area (Å²) in [4.78, 5) is 28.8. The lowest BCUT2D eigenvalue weighted by Crippen LogP contribution is -2.39. The van der Waals surface area contributed by atoms with E-state index in [4.69, 9.17) is 33.7 Å². The van der Waals surface area contributed by atoms with Crippen molar-refractivity contribution in [3.8, 4) is 5.75 Å². The number of nitrogen functional groups attached to an aromatic ring is 1. The van der Waals surface area contributed by atoms with Gasteiger partial charge >= 0.3 is 19.4 Å². The Morgan fingerprint density at radius 3 is 2.54 bits per heavy atom. The summed E-state index contributed by atoms with van der Waals surface area (Å²) in [6.45, 7) is 7.04. The van der Waals surface area contributed by atoms with E-state index in [1.165, 1.54) is 23.9 Å². The molecule has 1 aromatic carbocycles. The first-order valence-electron chi connectivity index (χ1n) is 12.6. The fraction of sp³-hybridized carbons (Fsp3) is 0.560. The van der Waals surface area contributed by atoms with Crippen molar-refractivity contribution in [2.45, 2.75) is 70.5 Å². The van der Waals surface area contributed by atoms with Gasteiger partial charge in [0.1, 0.15) is 35.9 Å². The summed E-state index contributed by atoms with van der Waals surface area (Å²) in [7, 11) is -2.92. The highest BCUT2D eigenvalue weighted by atomic mass is 31.2. The van der Waals surface area contributed by atoms with Gasteiger partial charge in [-0.2, -0.15) is 10.1 Å². The zero-order valence-electron chi connectivity index (χ0n) is 22.5. The molecule has 3 heterocycles. The molecule has 0 aliphatic carbocycles. The van der Waals surface area contributed by atoms with Gasteiger partial charge in [0.2, 0.25) is 0 Å². The first-order chi connectivity index (χ1) is 18.4. The molecule has 0 amide bonds. The Morgan fingerprint density at radius 1 is 1.21 bits per heavy atom. The number of nitrogens with zero attached hydrogens (tertiary/aromatic N) is 2. The van der Waals surface area contributed by atoms with Crippen molar-refractivity contribution in [2.75, 3.05) is 19.5 Å². The van der Waals surface area contributed by atoms with Crippen LogP contribution < -0.4 is 21.0 Å². The van der Waals surface area contributed by atoms with Crippen LogP contribution in [0.2, 0.25) is 0 Å². The largest absolute Gasteiger partial charge is 0.468 e. The van der Waals surface area contributed by atoms with Gasteiger partial charge in [-0.3, -0.25) is 13.9 Å². The summed E-state index contributed by atoms with van der Waals surface area (Å²) >= 11 is 0. The molecule has 0 saturated carbocycles. The summed E-state index contributed by atoms with van der Waals surface area (Å²) in [5, 5.41) is 2.75. The van der Waals surface area contributed by atoms with Crippen LogP contribution in [0.25, 0.3) is 0 Å². The number of nitrogens with one attached hydrogen (secondary N) is 1. The molecule has 1 aromatic heterocycles. The van der Waals surface area contributed by atoms with Gasteiger partial charge in [-0.05, 0) is 44.4 Å². The highest BCUT2D eigenvalue weighted by Crippen LogP contribution is 2.48. The first-order valence-corrected chi connectivity index (χ1v) is 14.1. The number of esters is 1. The van der Waals surface area contributed by atoms with E-state index >= 15 is 0 Å². The smallest absolute Gasteiger partial charge is 0.459 e. The van der Waals surface area contributed by atoms with Crippen molar-refractivity contribution >= 4 is 19.5 Å². The predicted molar refractivity (Wildman–Crippen MR) is 140 cm³/mol. The Hall–Kier alpha value is -2.80. The molecule has 13 nitrogen and oxygen atoms in total. The number of rotatable bonds is 11. The summed E-state index contributed by atoms with van der Waals surface area (Å²) in [5.74, 6) is -1.17. The van der Waals surface area contributed by atoms with E-state index in [1.807, 2.05) is 13.8 Å². The summed E-state index contributed by atoms with van der Waals surface area (Å²) in [6.07, 6.45) is -1.31. The molecule has 14 heteroatoms. The Labute approximate surface area is 226 Å². The molecular weight excluding hydrogens is 531 g/mol. The maximum Gasteiger partial charge on any atom is 0.459 e. The first kappa shape index (κ1) is 29.2. The summed E-state index contributed by atoms with van der Waals surface area (Å²) < 4.78 is 50.1. The van der Waals surface area contributed by atoms with E-state index < -0.39 is 55.8 Å². The number of anilines is 1. The third-order valence-corrected chi connectivity index (χ3v) is 7.70. The number of fused-ring (bicyclic) bond motifs is 1. The molecule has 0 radical (unpaired) electrons. The quantitative estimate of drug-likeness (QED) is 0.302. The number of nitrogens with two attached hydrogens (primary N) is 1. The van der Waals surface area contributed by atoms with Crippen LogP contribution >= 0.6 is 7.75 Å². The standard InChI is InChI=1S/C25H35N4O9P/c1-15(2)13-17(23(30)33-5)28-39(32,38-16-9-7-6-8-10-16)34-14-18-20-21(37-25(3,4)36-20)22(35-18)29-12-11-19(26)27-24(29)31/h6-12,15,17-18,20-22H,13-14H2,1-5H3,(H,28,32)(H2,26,27,31)/t17-,18+,20+,21+,22+,39?/m0/s1. The molecule has 3 N–H and O–H groups in total. The average Bonchev–Trinajstić information content (AvgIpc) is 3.35. The van der Waals surface area contributed by atoms with Crippen molar-refractivity contribution < 1.29 is 37.4 Å². The fourth-order valence-electron chi connectivity index (χ4n) is 4.52. The highest BCUT2D eigenvalue weighted by Gasteiger charge is 2.56. The Bertz CT molecular complexity index is 1260. The SMILES string of the molecule is COC(=O)[C@H](CC(C)C)NP(=O)(OC[C@H]1O[C@@H](n2ccc(N)nc2=O)[C@@H]2OC(C)(C)O[C@@H]21)Oc1ccccc1. The number of methoxy groups -OCH3 is 1. The molecule has 2 fully saturated rings. The highest BCUT2D eigenvalue weighted by molar-refractivity contribution is 7.52. The van der Waals surface area contributed by atoms with Gasteiger partial charge in [-0.1, -0.05) is 32.0 Å². The van der Waals surface area contributed by atoms with E-state index in [2.05, 4.69) is 10.1 Å². The maximum atomic E-state index is 14.0. The van der Waals surface area contributed by atoms with Crippen molar-refractivity contribution in [3.63, 3.8) is 0 Å². The van der Waals surface area contributed by atoms with Gasteiger partial charge in [0.15, 0.2) is 12.0 Å². The monoisotopic (exact) mass is 566 g/mol. The van der Waals surface area contributed by atoms with E-state index in [9.17, 15) is 14.2 Å². The minimum atomic E-state index is -4.17. The second kappa shape index (κ2) is 11.7. The van der Waals surface area contributed by atoms with E-state index in [0.29, 0.717) is 6.42 Å². The molecule has 2 aromatic rings. The van der Waals surface area contributed by atoms with Gasteiger partial charge in [-0.25, -0.2) is 9.36 Å². The molecule has 0 bridgehead atoms. The Balaban J connectivity index is 1.58. The number of para-hydroxylation sites is 1. The van der Waals surface area contributed by atoms with Gasteiger partial charge in [0.05, 0.1) is 13.7 Å². The molecule has 6 atom stereocenters. The molecule has 0 spiro atoms. The number of aromatic nitrogens is 2. The van der Waals surface area contributed by atoms with Crippen LogP contribution in [0.4, 0.5) is 5.82 Å². The molecule has 2 aliphatic rings. The third kappa shape index (κ3) is 7.05. The molecule has 39 heavy (non-hydrogen) atoms. The third-order valence-electron chi connectivity index (χ3n) is 6.14. The van der Waals surface area contributed by atoms with Crippen LogP contribution in [0.3, 0.4) is 0 Å². The second-order valence-electron chi connectivity index (χ2n) is 10.2. The van der Waals surface area contributed by atoms with Gasteiger partial charge in [0.25, 0.3) is 0 Å². The molecule has 214 valence electrons.